The number of nitrogens with zero attached hydrogens (tertiary/aromatic N) is 2. The lowest BCUT2D eigenvalue weighted by Gasteiger charge is -2.36. The van der Waals surface area contributed by atoms with Crippen molar-refractivity contribution < 1.29 is 9.53 Å². The van der Waals surface area contributed by atoms with Gasteiger partial charge in [0.15, 0.2) is 0 Å². The Labute approximate surface area is 149 Å². The van der Waals surface area contributed by atoms with Crippen LogP contribution >= 0.6 is 0 Å². The molecule has 0 bridgehead atoms. The largest absolute Gasteiger partial charge is 0.494 e. The van der Waals surface area contributed by atoms with Crippen LogP contribution in [0.25, 0.3) is 10.9 Å². The van der Waals surface area contributed by atoms with E-state index in [2.05, 4.69) is 28.2 Å². The molecular formula is C20H27N3O2. The molecule has 1 saturated heterocycles. The number of piperidine rings is 1. The van der Waals surface area contributed by atoms with Crippen LogP contribution < -0.4 is 15.0 Å². The van der Waals surface area contributed by atoms with Gasteiger partial charge >= 0.3 is 0 Å². The average Bonchev–Trinajstić information content (AvgIpc) is 2.61. The molecule has 5 heteroatoms. The molecule has 0 aliphatic carbocycles. The maximum atomic E-state index is 12.1. The highest BCUT2D eigenvalue weighted by Gasteiger charge is 2.25. The van der Waals surface area contributed by atoms with Gasteiger partial charge in [0.25, 0.3) is 0 Å². The number of methoxy groups -OCH3 is 1. The standard InChI is InChI=1S/C20H27N3O2/c1-13(2)20(24)22-15-7-6-10-23(12-15)19-14(3)11-21-18-16(19)8-5-9-17(18)25-4/h5,8-9,11,13,15H,6-7,10,12H2,1-4H3,(H,22,24)/t15-/m0/s1. The summed E-state index contributed by atoms with van der Waals surface area (Å²) in [5, 5.41) is 4.29. The van der Waals surface area contributed by atoms with Crippen LogP contribution in [0.5, 0.6) is 5.75 Å². The number of carbonyl (C=O) groups excluding carboxylic acids is 1. The van der Waals surface area contributed by atoms with Crippen molar-refractivity contribution in [3.63, 3.8) is 0 Å². The van der Waals surface area contributed by atoms with E-state index in [4.69, 9.17) is 4.74 Å². The van der Waals surface area contributed by atoms with Crippen molar-refractivity contribution in [3.05, 3.63) is 30.0 Å². The molecule has 0 unspecified atom stereocenters. The Morgan fingerprint density at radius 3 is 2.92 bits per heavy atom. The van der Waals surface area contributed by atoms with Gasteiger partial charge in [-0.2, -0.15) is 0 Å². The average molecular weight is 341 g/mol. The fourth-order valence-corrected chi connectivity index (χ4v) is 3.53. The topological polar surface area (TPSA) is 54.5 Å². The number of ether oxygens (including phenoxy) is 1. The predicted octanol–water partition coefficient (Wildman–Crippen LogP) is 3.29. The van der Waals surface area contributed by atoms with E-state index in [0.29, 0.717) is 0 Å². The molecule has 1 N–H and O–H groups in total. The van der Waals surface area contributed by atoms with Crippen molar-refractivity contribution in [2.45, 2.75) is 39.7 Å². The Bertz CT molecular complexity index is 773. The Hall–Kier alpha value is -2.30. The SMILES string of the molecule is COc1cccc2c(N3CCC[C@H](NC(=O)C(C)C)C3)c(C)cnc12. The molecule has 0 spiro atoms. The molecule has 5 nitrogen and oxygen atoms in total. The first-order valence-electron chi connectivity index (χ1n) is 8.99. The summed E-state index contributed by atoms with van der Waals surface area (Å²) in [6.07, 6.45) is 4.01. The second kappa shape index (κ2) is 7.30. The predicted molar refractivity (Wildman–Crippen MR) is 101 cm³/mol. The van der Waals surface area contributed by atoms with E-state index in [1.165, 1.54) is 5.69 Å². The smallest absolute Gasteiger partial charge is 0.222 e. The summed E-state index contributed by atoms with van der Waals surface area (Å²) in [5.41, 5.74) is 3.24. The molecule has 1 aromatic heterocycles. The Morgan fingerprint density at radius 2 is 2.20 bits per heavy atom. The third-order valence-corrected chi connectivity index (χ3v) is 4.84. The Balaban J connectivity index is 1.93. The second-order valence-electron chi connectivity index (χ2n) is 7.09. The van der Waals surface area contributed by atoms with Crippen molar-refractivity contribution in [1.29, 1.82) is 0 Å². The number of fused-ring (bicyclic) bond motifs is 1. The molecule has 1 aliphatic rings. The lowest BCUT2D eigenvalue weighted by atomic mass is 10.0. The molecule has 0 saturated carbocycles. The number of anilines is 1. The van der Waals surface area contributed by atoms with E-state index in [-0.39, 0.29) is 17.9 Å². The summed E-state index contributed by atoms with van der Waals surface area (Å²) in [4.78, 5) is 19.0. The molecule has 2 aromatic rings. The van der Waals surface area contributed by atoms with Gasteiger partial charge in [-0.3, -0.25) is 9.78 Å². The minimum atomic E-state index is 0.0168. The molecule has 3 rings (SSSR count). The van der Waals surface area contributed by atoms with Crippen molar-refractivity contribution in [3.8, 4) is 5.75 Å². The number of amides is 1. The monoisotopic (exact) mass is 341 g/mol. The van der Waals surface area contributed by atoms with Gasteiger partial charge in [0, 0.05) is 36.6 Å². The van der Waals surface area contributed by atoms with Crippen molar-refractivity contribution >= 4 is 22.5 Å². The molecule has 1 atom stereocenters. The number of rotatable bonds is 4. The highest BCUT2D eigenvalue weighted by atomic mass is 16.5. The van der Waals surface area contributed by atoms with Crippen LogP contribution in [-0.4, -0.2) is 37.1 Å². The van der Waals surface area contributed by atoms with Gasteiger partial charge in [0.1, 0.15) is 11.3 Å². The van der Waals surface area contributed by atoms with Crippen LogP contribution in [0, 0.1) is 12.8 Å². The third kappa shape index (κ3) is 3.55. The van der Waals surface area contributed by atoms with E-state index in [0.717, 1.165) is 48.1 Å². The highest BCUT2D eigenvalue weighted by Crippen LogP contribution is 2.34. The van der Waals surface area contributed by atoms with Gasteiger partial charge in [-0.1, -0.05) is 26.0 Å². The molecule has 1 amide bonds. The molecule has 1 aromatic carbocycles. The van der Waals surface area contributed by atoms with Crippen molar-refractivity contribution in [1.82, 2.24) is 10.3 Å². The summed E-state index contributed by atoms with van der Waals surface area (Å²) in [6, 6.07) is 6.24. The maximum absolute atomic E-state index is 12.1. The fraction of sp³-hybridized carbons (Fsp3) is 0.500. The van der Waals surface area contributed by atoms with Crippen LogP contribution in [-0.2, 0) is 4.79 Å². The first kappa shape index (κ1) is 17.5. The molecule has 25 heavy (non-hydrogen) atoms. The lowest BCUT2D eigenvalue weighted by molar-refractivity contribution is -0.124. The second-order valence-corrected chi connectivity index (χ2v) is 7.09. The number of nitrogens with one attached hydrogen (secondary N) is 1. The van der Waals surface area contributed by atoms with Gasteiger partial charge in [-0.25, -0.2) is 0 Å². The lowest BCUT2D eigenvalue weighted by Crippen LogP contribution is -2.49. The maximum Gasteiger partial charge on any atom is 0.222 e. The number of hydrogen-bond acceptors (Lipinski definition) is 4. The zero-order valence-corrected chi connectivity index (χ0v) is 15.5. The molecule has 134 valence electrons. The van der Waals surface area contributed by atoms with Gasteiger partial charge < -0.3 is 15.0 Å². The number of para-hydroxylation sites is 1. The van der Waals surface area contributed by atoms with E-state index in [1.54, 1.807) is 7.11 Å². The molecule has 2 heterocycles. The van der Waals surface area contributed by atoms with Gasteiger partial charge in [0.05, 0.1) is 12.8 Å². The number of carbonyl (C=O) groups is 1. The van der Waals surface area contributed by atoms with Gasteiger partial charge in [-0.05, 0) is 31.4 Å². The number of aryl methyl sites for hydroxylation is 1. The molecule has 1 aliphatic heterocycles. The van der Waals surface area contributed by atoms with Crippen molar-refractivity contribution in [2.24, 2.45) is 5.92 Å². The van der Waals surface area contributed by atoms with Crippen LogP contribution in [0.15, 0.2) is 24.4 Å². The minimum absolute atomic E-state index is 0.0168. The summed E-state index contributed by atoms with van der Waals surface area (Å²) >= 11 is 0. The van der Waals surface area contributed by atoms with Crippen LogP contribution in [0.4, 0.5) is 5.69 Å². The highest BCUT2D eigenvalue weighted by molar-refractivity contribution is 5.96. The normalized spacial score (nSPS) is 17.8. The summed E-state index contributed by atoms with van der Waals surface area (Å²) in [7, 11) is 1.67. The fourth-order valence-electron chi connectivity index (χ4n) is 3.53. The minimum Gasteiger partial charge on any atom is -0.494 e. The Morgan fingerprint density at radius 1 is 1.40 bits per heavy atom. The van der Waals surface area contributed by atoms with E-state index in [1.807, 2.05) is 32.2 Å². The number of hydrogen-bond donors (Lipinski definition) is 1. The Kier molecular flexibility index (Phi) is 5.11. The number of pyridine rings is 1. The van der Waals surface area contributed by atoms with Gasteiger partial charge in [0.2, 0.25) is 5.91 Å². The van der Waals surface area contributed by atoms with E-state index in [9.17, 15) is 4.79 Å². The quantitative estimate of drug-likeness (QED) is 0.927. The number of aromatic nitrogens is 1. The van der Waals surface area contributed by atoms with Crippen LogP contribution in [0.3, 0.4) is 0 Å². The first-order valence-corrected chi connectivity index (χ1v) is 8.99. The molecular weight excluding hydrogens is 314 g/mol. The van der Waals surface area contributed by atoms with Gasteiger partial charge in [-0.15, -0.1) is 0 Å². The molecule has 0 radical (unpaired) electrons. The summed E-state index contributed by atoms with van der Waals surface area (Å²) in [6.45, 7) is 7.78. The van der Waals surface area contributed by atoms with Crippen molar-refractivity contribution in [2.75, 3.05) is 25.1 Å². The van der Waals surface area contributed by atoms with Crippen LogP contribution in [0.2, 0.25) is 0 Å². The zero-order valence-electron chi connectivity index (χ0n) is 15.5. The van der Waals surface area contributed by atoms with E-state index >= 15 is 0 Å². The first-order chi connectivity index (χ1) is 12.0. The number of benzene rings is 1. The summed E-state index contributed by atoms with van der Waals surface area (Å²) < 4.78 is 5.47. The van der Waals surface area contributed by atoms with E-state index < -0.39 is 0 Å². The zero-order chi connectivity index (χ0) is 18.0. The third-order valence-electron chi connectivity index (χ3n) is 4.84. The van der Waals surface area contributed by atoms with Crippen LogP contribution in [0.1, 0.15) is 32.3 Å². The summed E-state index contributed by atoms with van der Waals surface area (Å²) in [5.74, 6) is 0.938. The molecule has 1 fully saturated rings.